The average Bonchev–Trinajstić information content (AvgIpc) is 2.86. The molecule has 0 aliphatic rings. The molecular weight excluding hydrogens is 236 g/mol. The van der Waals surface area contributed by atoms with Crippen molar-refractivity contribution < 1.29 is 0 Å². The minimum absolute atomic E-state index is 0.606. The zero-order valence-electron chi connectivity index (χ0n) is 10.7. The summed E-state index contributed by atoms with van der Waals surface area (Å²) < 4.78 is 1.86. The Labute approximate surface area is 111 Å². The summed E-state index contributed by atoms with van der Waals surface area (Å²) in [6.45, 7) is 1.34. The smallest absolute Gasteiger partial charge is 0.0839 e. The first-order valence-corrected chi connectivity index (χ1v) is 6.42. The third kappa shape index (κ3) is 2.63. The molecule has 2 N–H and O–H groups in total. The molecule has 0 saturated heterocycles. The maximum Gasteiger partial charge on any atom is 0.0839 e. The highest BCUT2D eigenvalue weighted by molar-refractivity contribution is 5.82. The summed E-state index contributed by atoms with van der Waals surface area (Å²) >= 11 is 0. The van der Waals surface area contributed by atoms with Crippen LogP contribution in [0.25, 0.3) is 10.8 Å². The molecule has 4 nitrogen and oxygen atoms in total. The molecule has 0 aliphatic carbocycles. The minimum atomic E-state index is 0.606. The lowest BCUT2D eigenvalue weighted by Gasteiger charge is -2.03. The normalized spacial score (nSPS) is 11.0. The fraction of sp³-hybridized carbons (Fsp3) is 0.200. The van der Waals surface area contributed by atoms with Gasteiger partial charge in [0.15, 0.2) is 0 Å². The number of aromatic nitrogens is 3. The van der Waals surface area contributed by atoms with Crippen LogP contribution >= 0.6 is 0 Å². The van der Waals surface area contributed by atoms with Gasteiger partial charge in [0, 0.05) is 12.6 Å². The van der Waals surface area contributed by atoms with E-state index < -0.39 is 0 Å². The monoisotopic (exact) mass is 252 g/mol. The predicted octanol–water partition coefficient (Wildman–Crippen LogP) is 1.98. The topological polar surface area (TPSA) is 56.7 Å². The van der Waals surface area contributed by atoms with Crippen LogP contribution in [0.3, 0.4) is 0 Å². The summed E-state index contributed by atoms with van der Waals surface area (Å²) in [7, 11) is 0. The molecule has 0 bridgehead atoms. The number of fused-ring (bicyclic) bond motifs is 1. The lowest BCUT2D eigenvalue weighted by atomic mass is 10.1. The number of hydrogen-bond donors (Lipinski definition) is 1. The Hall–Kier alpha value is -2.20. The van der Waals surface area contributed by atoms with Gasteiger partial charge in [-0.1, -0.05) is 41.6 Å². The highest BCUT2D eigenvalue weighted by Crippen LogP contribution is 2.16. The van der Waals surface area contributed by atoms with Gasteiger partial charge in [0.2, 0.25) is 0 Å². The Kier molecular flexibility index (Phi) is 3.25. The van der Waals surface area contributed by atoms with E-state index in [4.69, 9.17) is 5.73 Å². The van der Waals surface area contributed by atoms with Crippen LogP contribution in [0, 0.1) is 0 Å². The largest absolute Gasteiger partial charge is 0.330 e. The van der Waals surface area contributed by atoms with Gasteiger partial charge in [0.25, 0.3) is 0 Å². The molecule has 0 radical (unpaired) electrons. The molecule has 0 fully saturated rings. The summed E-state index contributed by atoms with van der Waals surface area (Å²) in [5, 5.41) is 10.7. The van der Waals surface area contributed by atoms with E-state index in [0.717, 1.165) is 18.7 Å². The fourth-order valence-corrected chi connectivity index (χ4v) is 2.20. The number of benzene rings is 2. The summed E-state index contributed by atoms with van der Waals surface area (Å²) in [5.74, 6) is 0. The second-order valence-electron chi connectivity index (χ2n) is 4.63. The molecule has 0 spiro atoms. The molecular formula is C15H16N4. The summed E-state index contributed by atoms with van der Waals surface area (Å²) in [6, 6.07) is 14.8. The average molecular weight is 252 g/mol. The van der Waals surface area contributed by atoms with E-state index in [2.05, 4.69) is 52.8 Å². The second kappa shape index (κ2) is 5.20. The van der Waals surface area contributed by atoms with Gasteiger partial charge in [0.05, 0.1) is 12.2 Å². The lowest BCUT2D eigenvalue weighted by molar-refractivity contribution is 0.649. The van der Waals surface area contributed by atoms with E-state index in [1.54, 1.807) is 0 Å². The molecule has 0 unspecified atom stereocenters. The third-order valence-electron chi connectivity index (χ3n) is 3.15. The fourth-order valence-electron chi connectivity index (χ4n) is 2.20. The molecule has 3 aromatic rings. The minimum Gasteiger partial charge on any atom is -0.330 e. The van der Waals surface area contributed by atoms with Crippen molar-refractivity contribution in [2.24, 2.45) is 5.73 Å². The van der Waals surface area contributed by atoms with Crippen LogP contribution in [0.2, 0.25) is 0 Å². The van der Waals surface area contributed by atoms with Gasteiger partial charge >= 0.3 is 0 Å². The zero-order chi connectivity index (χ0) is 13.1. The first-order valence-electron chi connectivity index (χ1n) is 6.42. The van der Waals surface area contributed by atoms with Gasteiger partial charge in [-0.25, -0.2) is 4.68 Å². The summed E-state index contributed by atoms with van der Waals surface area (Å²) in [6.07, 6.45) is 2.74. The van der Waals surface area contributed by atoms with Crippen LogP contribution in [0.4, 0.5) is 0 Å². The summed E-state index contributed by atoms with van der Waals surface area (Å²) in [5.41, 5.74) is 7.68. The van der Waals surface area contributed by atoms with Crippen molar-refractivity contribution in [2.45, 2.75) is 13.0 Å². The molecule has 2 aromatic carbocycles. The van der Waals surface area contributed by atoms with E-state index >= 15 is 0 Å². The van der Waals surface area contributed by atoms with E-state index in [1.807, 2.05) is 10.9 Å². The van der Waals surface area contributed by atoms with Crippen LogP contribution in [-0.4, -0.2) is 21.5 Å². The molecule has 0 atom stereocenters. The standard InChI is InChI=1S/C15H16N4/c16-8-7-15-11-19(18-17-15)10-12-5-6-13-3-1-2-4-14(13)9-12/h1-6,9,11H,7-8,10,16H2. The Morgan fingerprint density at radius 2 is 1.89 bits per heavy atom. The van der Waals surface area contributed by atoms with E-state index in [9.17, 15) is 0 Å². The van der Waals surface area contributed by atoms with Crippen molar-refractivity contribution in [1.29, 1.82) is 0 Å². The molecule has 0 amide bonds. The Bertz CT molecular complexity index is 687. The molecule has 1 aromatic heterocycles. The molecule has 0 aliphatic heterocycles. The SMILES string of the molecule is NCCc1cn(Cc2ccc3ccccc3c2)nn1. The van der Waals surface area contributed by atoms with Crippen molar-refractivity contribution in [1.82, 2.24) is 15.0 Å². The number of nitrogens with two attached hydrogens (primary N) is 1. The molecule has 0 saturated carbocycles. The van der Waals surface area contributed by atoms with Gasteiger partial charge < -0.3 is 5.73 Å². The van der Waals surface area contributed by atoms with Crippen molar-refractivity contribution >= 4 is 10.8 Å². The van der Waals surface area contributed by atoms with Crippen LogP contribution < -0.4 is 5.73 Å². The lowest BCUT2D eigenvalue weighted by Crippen LogP contribution is -2.02. The first kappa shape index (κ1) is 11.9. The quantitative estimate of drug-likeness (QED) is 0.772. The van der Waals surface area contributed by atoms with Gasteiger partial charge in [0.1, 0.15) is 0 Å². The number of hydrogen-bond acceptors (Lipinski definition) is 3. The number of rotatable bonds is 4. The van der Waals surface area contributed by atoms with E-state index in [0.29, 0.717) is 6.54 Å². The van der Waals surface area contributed by atoms with E-state index in [1.165, 1.54) is 16.3 Å². The van der Waals surface area contributed by atoms with Crippen molar-refractivity contribution in [3.05, 3.63) is 59.9 Å². The molecule has 3 rings (SSSR count). The first-order chi connectivity index (χ1) is 9.35. The van der Waals surface area contributed by atoms with Gasteiger partial charge in [-0.3, -0.25) is 0 Å². The van der Waals surface area contributed by atoms with Gasteiger partial charge in [-0.05, 0) is 28.9 Å². The second-order valence-corrected chi connectivity index (χ2v) is 4.63. The molecule has 1 heterocycles. The van der Waals surface area contributed by atoms with Gasteiger partial charge in [-0.15, -0.1) is 5.10 Å². The Morgan fingerprint density at radius 1 is 1.05 bits per heavy atom. The third-order valence-corrected chi connectivity index (χ3v) is 3.15. The van der Waals surface area contributed by atoms with Gasteiger partial charge in [-0.2, -0.15) is 0 Å². The molecule has 4 heteroatoms. The maximum atomic E-state index is 5.51. The predicted molar refractivity (Wildman–Crippen MR) is 75.8 cm³/mol. The number of nitrogens with zero attached hydrogens (tertiary/aromatic N) is 3. The Balaban J connectivity index is 1.83. The van der Waals surface area contributed by atoms with E-state index in [-0.39, 0.29) is 0 Å². The van der Waals surface area contributed by atoms with Crippen molar-refractivity contribution in [2.75, 3.05) is 6.54 Å². The highest BCUT2D eigenvalue weighted by atomic mass is 15.4. The van der Waals surface area contributed by atoms with Crippen molar-refractivity contribution in [3.63, 3.8) is 0 Å². The van der Waals surface area contributed by atoms with Crippen LogP contribution in [-0.2, 0) is 13.0 Å². The molecule has 96 valence electrons. The highest BCUT2D eigenvalue weighted by Gasteiger charge is 2.01. The molecule has 19 heavy (non-hydrogen) atoms. The van der Waals surface area contributed by atoms with Crippen LogP contribution in [0.5, 0.6) is 0 Å². The summed E-state index contributed by atoms with van der Waals surface area (Å²) in [4.78, 5) is 0. The maximum absolute atomic E-state index is 5.51. The van der Waals surface area contributed by atoms with Crippen molar-refractivity contribution in [3.8, 4) is 0 Å². The van der Waals surface area contributed by atoms with Crippen LogP contribution in [0.15, 0.2) is 48.7 Å². The zero-order valence-corrected chi connectivity index (χ0v) is 10.7. The van der Waals surface area contributed by atoms with Crippen LogP contribution in [0.1, 0.15) is 11.3 Å². The Morgan fingerprint density at radius 3 is 2.74 bits per heavy atom.